The Bertz CT molecular complexity index is 502. The molecule has 2 rings (SSSR count). The number of nitrogens with zero attached hydrogens (tertiary/aromatic N) is 2. The molecule has 0 saturated heterocycles. The minimum Gasteiger partial charge on any atom is -0.497 e. The summed E-state index contributed by atoms with van der Waals surface area (Å²) in [5.74, 6) is 0.763. The van der Waals surface area contributed by atoms with Crippen molar-refractivity contribution in [3.05, 3.63) is 46.4 Å². The summed E-state index contributed by atoms with van der Waals surface area (Å²) in [5, 5.41) is 12.2. The van der Waals surface area contributed by atoms with E-state index in [4.69, 9.17) is 4.74 Å². The number of thiazole rings is 1. The number of aliphatic hydroxyl groups excluding tert-OH is 1. The normalized spacial score (nSPS) is 12.6. The van der Waals surface area contributed by atoms with Crippen LogP contribution >= 0.6 is 11.3 Å². The number of ether oxygens (including phenoxy) is 1. The fourth-order valence-corrected chi connectivity index (χ4v) is 2.46. The molecular weight excluding hydrogens is 260 g/mol. The first-order valence-electron chi connectivity index (χ1n) is 6.06. The van der Waals surface area contributed by atoms with Crippen LogP contribution in [0.3, 0.4) is 0 Å². The van der Waals surface area contributed by atoms with Gasteiger partial charge in [-0.3, -0.25) is 4.90 Å². The maximum absolute atomic E-state index is 10.2. The van der Waals surface area contributed by atoms with Crippen molar-refractivity contribution < 1.29 is 9.84 Å². The van der Waals surface area contributed by atoms with Gasteiger partial charge in [-0.05, 0) is 24.7 Å². The Morgan fingerprint density at radius 3 is 3.00 bits per heavy atom. The lowest BCUT2D eigenvalue weighted by molar-refractivity contribution is 0.123. The van der Waals surface area contributed by atoms with Crippen molar-refractivity contribution >= 4 is 11.3 Å². The van der Waals surface area contributed by atoms with Crippen molar-refractivity contribution in [2.24, 2.45) is 0 Å². The first-order valence-corrected chi connectivity index (χ1v) is 7.01. The number of hydrogen-bond acceptors (Lipinski definition) is 5. The number of aliphatic hydroxyl groups is 1. The number of rotatable bonds is 6. The molecule has 0 aliphatic carbocycles. The zero-order valence-electron chi connectivity index (χ0n) is 11.1. The average Bonchev–Trinajstić information content (AvgIpc) is 2.91. The first kappa shape index (κ1) is 14.0. The van der Waals surface area contributed by atoms with E-state index < -0.39 is 6.10 Å². The van der Waals surface area contributed by atoms with E-state index in [-0.39, 0.29) is 0 Å². The van der Waals surface area contributed by atoms with E-state index in [0.717, 1.165) is 23.6 Å². The van der Waals surface area contributed by atoms with Crippen molar-refractivity contribution in [3.8, 4) is 5.75 Å². The smallest absolute Gasteiger partial charge is 0.119 e. The van der Waals surface area contributed by atoms with Crippen molar-refractivity contribution in [1.82, 2.24) is 9.88 Å². The Hall–Kier alpha value is -1.43. The van der Waals surface area contributed by atoms with Crippen molar-refractivity contribution in [1.29, 1.82) is 0 Å². The molecule has 1 N–H and O–H groups in total. The summed E-state index contributed by atoms with van der Waals surface area (Å²) in [7, 11) is 3.60. The predicted molar refractivity (Wildman–Crippen MR) is 76.4 cm³/mol. The SMILES string of the molecule is COc1cccc(C(O)CN(C)Cc2cscn2)c1. The molecule has 0 spiro atoms. The fraction of sp³-hybridized carbons (Fsp3) is 0.357. The zero-order valence-corrected chi connectivity index (χ0v) is 11.9. The van der Waals surface area contributed by atoms with Crippen molar-refractivity contribution in [2.75, 3.05) is 20.7 Å². The molecule has 0 radical (unpaired) electrons. The molecule has 0 aliphatic rings. The minimum absolute atomic E-state index is 0.529. The monoisotopic (exact) mass is 278 g/mol. The van der Waals surface area contributed by atoms with Gasteiger partial charge < -0.3 is 9.84 Å². The Balaban J connectivity index is 1.94. The minimum atomic E-state index is -0.529. The summed E-state index contributed by atoms with van der Waals surface area (Å²) in [4.78, 5) is 6.29. The highest BCUT2D eigenvalue weighted by atomic mass is 32.1. The first-order chi connectivity index (χ1) is 9.19. The van der Waals surface area contributed by atoms with E-state index in [2.05, 4.69) is 9.88 Å². The molecule has 5 heteroatoms. The summed E-state index contributed by atoms with van der Waals surface area (Å²) >= 11 is 1.58. The van der Waals surface area contributed by atoms with Gasteiger partial charge in [0, 0.05) is 18.5 Å². The summed E-state index contributed by atoms with van der Waals surface area (Å²) in [6, 6.07) is 7.53. The standard InChI is InChI=1S/C14H18N2O2S/c1-16(7-12-9-19-10-15-12)8-14(17)11-4-3-5-13(6-11)18-2/h3-6,9-10,14,17H,7-8H2,1-2H3. The molecule has 1 heterocycles. The Labute approximate surface area is 117 Å². The number of methoxy groups -OCH3 is 1. The molecular formula is C14H18N2O2S. The maximum Gasteiger partial charge on any atom is 0.119 e. The summed E-state index contributed by atoms with van der Waals surface area (Å²) in [6.45, 7) is 1.30. The quantitative estimate of drug-likeness (QED) is 0.881. The molecule has 0 bridgehead atoms. The molecule has 4 nitrogen and oxygen atoms in total. The van der Waals surface area contributed by atoms with Gasteiger partial charge in [0.2, 0.25) is 0 Å². The van der Waals surface area contributed by atoms with E-state index in [1.807, 2.05) is 42.2 Å². The van der Waals surface area contributed by atoms with Crippen LogP contribution in [-0.2, 0) is 6.54 Å². The molecule has 0 amide bonds. The molecule has 0 fully saturated rings. The van der Waals surface area contributed by atoms with Crippen molar-refractivity contribution in [2.45, 2.75) is 12.6 Å². The van der Waals surface area contributed by atoms with Crippen LogP contribution < -0.4 is 4.74 Å². The van der Waals surface area contributed by atoms with Gasteiger partial charge in [0.15, 0.2) is 0 Å². The van der Waals surface area contributed by atoms with E-state index in [9.17, 15) is 5.11 Å². The van der Waals surface area contributed by atoms with Gasteiger partial charge in [0.1, 0.15) is 5.75 Å². The topological polar surface area (TPSA) is 45.6 Å². The summed E-state index contributed by atoms with van der Waals surface area (Å²) < 4.78 is 5.16. The van der Waals surface area contributed by atoms with Gasteiger partial charge in [-0.15, -0.1) is 11.3 Å². The van der Waals surface area contributed by atoms with E-state index in [1.165, 1.54) is 0 Å². The number of benzene rings is 1. The van der Waals surface area contributed by atoms with Crippen LogP contribution in [0.4, 0.5) is 0 Å². The highest BCUT2D eigenvalue weighted by Gasteiger charge is 2.12. The maximum atomic E-state index is 10.2. The number of likely N-dealkylation sites (N-methyl/N-ethyl adjacent to an activating group) is 1. The van der Waals surface area contributed by atoms with Gasteiger partial charge in [0.25, 0.3) is 0 Å². The van der Waals surface area contributed by atoms with Gasteiger partial charge in [-0.25, -0.2) is 4.98 Å². The van der Waals surface area contributed by atoms with Crippen molar-refractivity contribution in [3.63, 3.8) is 0 Å². The van der Waals surface area contributed by atoms with Crippen LogP contribution in [-0.4, -0.2) is 35.7 Å². The van der Waals surface area contributed by atoms with Gasteiger partial charge in [0.05, 0.1) is 24.4 Å². The molecule has 102 valence electrons. The molecule has 1 atom stereocenters. The van der Waals surface area contributed by atoms with Crippen LogP contribution in [0.5, 0.6) is 5.75 Å². The second-order valence-electron chi connectivity index (χ2n) is 4.47. The van der Waals surface area contributed by atoms with Crippen LogP contribution in [0.15, 0.2) is 35.2 Å². The van der Waals surface area contributed by atoms with Crippen LogP contribution in [0, 0.1) is 0 Å². The molecule has 1 aromatic heterocycles. The highest BCUT2D eigenvalue weighted by Crippen LogP contribution is 2.20. The predicted octanol–water partition coefficient (Wildman–Crippen LogP) is 2.32. The van der Waals surface area contributed by atoms with Gasteiger partial charge in [-0.1, -0.05) is 12.1 Å². The lowest BCUT2D eigenvalue weighted by Gasteiger charge is -2.20. The van der Waals surface area contributed by atoms with E-state index >= 15 is 0 Å². The molecule has 19 heavy (non-hydrogen) atoms. The number of hydrogen-bond donors (Lipinski definition) is 1. The second kappa shape index (κ2) is 6.65. The lowest BCUT2D eigenvalue weighted by Crippen LogP contribution is -2.24. The van der Waals surface area contributed by atoms with Crippen LogP contribution in [0.2, 0.25) is 0 Å². The Morgan fingerprint density at radius 2 is 2.32 bits per heavy atom. The van der Waals surface area contributed by atoms with Gasteiger partial charge >= 0.3 is 0 Å². The van der Waals surface area contributed by atoms with Crippen LogP contribution in [0.25, 0.3) is 0 Å². The molecule has 0 saturated carbocycles. The molecule has 1 aromatic carbocycles. The fourth-order valence-electron chi connectivity index (χ4n) is 1.91. The summed E-state index contributed by atoms with van der Waals surface area (Å²) in [6.07, 6.45) is -0.529. The Morgan fingerprint density at radius 1 is 1.47 bits per heavy atom. The molecule has 2 aromatic rings. The van der Waals surface area contributed by atoms with E-state index in [1.54, 1.807) is 18.4 Å². The third kappa shape index (κ3) is 4.02. The highest BCUT2D eigenvalue weighted by molar-refractivity contribution is 7.07. The molecule has 1 unspecified atom stereocenters. The average molecular weight is 278 g/mol. The largest absolute Gasteiger partial charge is 0.497 e. The van der Waals surface area contributed by atoms with Crippen LogP contribution in [0.1, 0.15) is 17.4 Å². The third-order valence-electron chi connectivity index (χ3n) is 2.88. The zero-order chi connectivity index (χ0) is 13.7. The molecule has 0 aliphatic heterocycles. The summed E-state index contributed by atoms with van der Waals surface area (Å²) in [5.41, 5.74) is 3.72. The lowest BCUT2D eigenvalue weighted by atomic mass is 10.1. The Kier molecular flexibility index (Phi) is 4.90. The number of aromatic nitrogens is 1. The third-order valence-corrected chi connectivity index (χ3v) is 3.51. The van der Waals surface area contributed by atoms with Gasteiger partial charge in [-0.2, -0.15) is 0 Å². The second-order valence-corrected chi connectivity index (χ2v) is 5.19. The van der Waals surface area contributed by atoms with E-state index in [0.29, 0.717) is 6.54 Å².